The molecule has 18 nitrogen and oxygen atoms in total. The number of hydrogen-bond donors (Lipinski definition) is 1. The fraction of sp³-hybridized carbons (Fsp3) is 0.550. The number of esters is 2. The van der Waals surface area contributed by atoms with E-state index in [0.717, 1.165) is 55.8 Å². The first-order valence-electron chi connectivity index (χ1n) is 19.2. The Bertz CT molecular complexity index is 2050. The van der Waals surface area contributed by atoms with Gasteiger partial charge in [-0.25, -0.2) is 29.5 Å². The molecule has 8 rings (SSSR count). The molecule has 4 aliphatic rings. The summed E-state index contributed by atoms with van der Waals surface area (Å²) >= 11 is 5.97. The molecule has 4 aromatic rings. The number of carbonyl (C=O) groups is 4. The average molecular weight is 837 g/mol. The molecule has 2 aliphatic carbocycles. The quantitative estimate of drug-likeness (QED) is 0.167. The first kappa shape index (κ1) is 46.0. The van der Waals surface area contributed by atoms with Crippen LogP contribution in [0.4, 0.5) is 23.0 Å². The van der Waals surface area contributed by atoms with Gasteiger partial charge in [-0.15, -0.1) is 0 Å². The molecule has 2 aliphatic heterocycles. The van der Waals surface area contributed by atoms with Crippen LogP contribution < -0.4 is 19.6 Å². The van der Waals surface area contributed by atoms with E-state index in [2.05, 4.69) is 44.4 Å². The zero-order valence-corrected chi connectivity index (χ0v) is 33.8. The Kier molecular flexibility index (Phi) is 15.9. The molecule has 0 aromatic carbocycles. The first-order valence-corrected chi connectivity index (χ1v) is 19.6. The third-order valence-electron chi connectivity index (χ3n) is 10.9. The van der Waals surface area contributed by atoms with Crippen molar-refractivity contribution in [2.75, 3.05) is 47.9 Å². The summed E-state index contributed by atoms with van der Waals surface area (Å²) in [6.07, 6.45) is 19.8. The van der Waals surface area contributed by atoms with Crippen LogP contribution in [-0.4, -0.2) is 116 Å². The summed E-state index contributed by atoms with van der Waals surface area (Å²) in [7, 11) is 6.19. The Hall–Kier alpha value is -5.65. The standard InChI is InChI=1S/C19H24N6O3.C14H19ClN4O.C5H6N2O2.2CH4/c1-4-14-17(26)23(2)15-9-20-19(24-10-13(21-11-24)18(27)28-3)22-16(15)25(14)12-7-5-6-8-12;1-3-10-13(20)18(2)11-8-16-14(15)17-12(11)19(10)9-6-4-5-7-9;1-9-5(8)4-2-6-3-7-4;;/h9-12,14H,4-8H2,1-3H3;8-10H,3-7H2,1-2H3;2-3H,1H3,(H,6,7);2*1H4/t14-;10-;;;/m11.../s1. The predicted molar refractivity (Wildman–Crippen MR) is 225 cm³/mol. The summed E-state index contributed by atoms with van der Waals surface area (Å²) in [5, 5.41) is 0.240. The molecule has 2 atom stereocenters. The van der Waals surface area contributed by atoms with Gasteiger partial charge in [0.05, 0.1) is 39.1 Å². The van der Waals surface area contributed by atoms with Crippen molar-refractivity contribution in [1.82, 2.24) is 39.5 Å². The van der Waals surface area contributed by atoms with Crippen LogP contribution in [0.2, 0.25) is 5.28 Å². The number of fused-ring (bicyclic) bond motifs is 2. The molecule has 0 spiro atoms. The van der Waals surface area contributed by atoms with Crippen LogP contribution >= 0.6 is 11.6 Å². The molecule has 0 bridgehead atoms. The number of nitrogens with zero attached hydrogens (tertiary/aromatic N) is 11. The van der Waals surface area contributed by atoms with Gasteiger partial charge in [0.2, 0.25) is 23.0 Å². The van der Waals surface area contributed by atoms with Crippen LogP contribution in [-0.2, 0) is 19.1 Å². The van der Waals surface area contributed by atoms with Crippen molar-refractivity contribution in [2.45, 2.75) is 117 Å². The van der Waals surface area contributed by atoms with Crippen molar-refractivity contribution >= 4 is 58.4 Å². The highest BCUT2D eigenvalue weighted by atomic mass is 35.5. The van der Waals surface area contributed by atoms with Gasteiger partial charge >= 0.3 is 11.9 Å². The molecule has 320 valence electrons. The fourth-order valence-corrected chi connectivity index (χ4v) is 8.11. The molecule has 0 saturated heterocycles. The normalized spacial score (nSPS) is 18.7. The number of nitrogens with one attached hydrogen (secondary N) is 1. The number of H-pyrrole nitrogens is 1. The van der Waals surface area contributed by atoms with Crippen LogP contribution in [0.15, 0.2) is 37.4 Å². The predicted octanol–water partition coefficient (Wildman–Crippen LogP) is 6.06. The number of amides is 2. The molecule has 1 N–H and O–H groups in total. The van der Waals surface area contributed by atoms with Crippen LogP contribution in [0.5, 0.6) is 0 Å². The Labute approximate surface area is 350 Å². The molecular formula is C40H57ClN12O6. The first-order chi connectivity index (χ1) is 27.5. The Morgan fingerprint density at radius 3 is 1.75 bits per heavy atom. The van der Waals surface area contributed by atoms with Gasteiger partial charge in [0, 0.05) is 32.4 Å². The molecule has 0 radical (unpaired) electrons. The zero-order chi connectivity index (χ0) is 40.8. The minimum Gasteiger partial charge on any atom is -0.464 e. The number of imidazole rings is 2. The number of methoxy groups -OCH3 is 2. The van der Waals surface area contributed by atoms with Crippen molar-refractivity contribution in [1.29, 1.82) is 0 Å². The van der Waals surface area contributed by atoms with Crippen molar-refractivity contribution < 1.29 is 28.7 Å². The summed E-state index contributed by atoms with van der Waals surface area (Å²) in [6, 6.07) is 0.332. The van der Waals surface area contributed by atoms with Gasteiger partial charge in [-0.05, 0) is 50.1 Å². The second kappa shape index (κ2) is 20.4. The maximum absolute atomic E-state index is 12.9. The fourth-order valence-electron chi connectivity index (χ4n) is 7.98. The largest absolute Gasteiger partial charge is 0.464 e. The van der Waals surface area contributed by atoms with E-state index in [0.29, 0.717) is 29.4 Å². The van der Waals surface area contributed by atoms with E-state index in [1.54, 1.807) is 47.1 Å². The lowest BCUT2D eigenvalue weighted by Crippen LogP contribution is -2.55. The van der Waals surface area contributed by atoms with E-state index in [9.17, 15) is 19.2 Å². The van der Waals surface area contributed by atoms with E-state index in [-0.39, 0.29) is 49.7 Å². The SMILES string of the molecule is C.C.CC[C@@H]1C(=O)N(C)c2cnc(-n3cnc(C(=O)OC)c3)nc2N1C1CCCC1.CC[C@@H]1C(=O)N(C)c2cnc(Cl)nc2N1C1CCCC1.COC(=O)c1cnc[nH]1. The highest BCUT2D eigenvalue weighted by molar-refractivity contribution is 6.28. The summed E-state index contributed by atoms with van der Waals surface area (Å²) in [6.45, 7) is 4.08. The summed E-state index contributed by atoms with van der Waals surface area (Å²) in [5.41, 5.74) is 2.03. The van der Waals surface area contributed by atoms with Crippen LogP contribution in [0.25, 0.3) is 5.95 Å². The number of carbonyl (C=O) groups excluding carboxylic acids is 4. The van der Waals surface area contributed by atoms with Crippen LogP contribution in [0.1, 0.15) is 114 Å². The molecular weight excluding hydrogens is 780 g/mol. The van der Waals surface area contributed by atoms with Gasteiger partial charge in [0.15, 0.2) is 17.3 Å². The van der Waals surface area contributed by atoms with Crippen LogP contribution in [0.3, 0.4) is 0 Å². The number of aromatic amines is 1. The van der Waals surface area contributed by atoms with Gasteiger partial charge in [0.1, 0.15) is 35.5 Å². The molecule has 2 amide bonds. The monoisotopic (exact) mass is 836 g/mol. The molecule has 4 aromatic heterocycles. The highest BCUT2D eigenvalue weighted by Crippen LogP contribution is 2.41. The topological polar surface area (TPSA) is 198 Å². The Balaban J connectivity index is 0.000000216. The molecule has 59 heavy (non-hydrogen) atoms. The number of anilines is 4. The van der Waals surface area contributed by atoms with E-state index < -0.39 is 11.9 Å². The van der Waals surface area contributed by atoms with Gasteiger partial charge in [-0.2, -0.15) is 9.97 Å². The number of likely N-dealkylation sites (N-methyl/N-ethyl adjacent to an activating group) is 2. The molecule has 2 fully saturated rings. The lowest BCUT2D eigenvalue weighted by Gasteiger charge is -2.43. The van der Waals surface area contributed by atoms with Gasteiger partial charge < -0.3 is 34.1 Å². The lowest BCUT2D eigenvalue weighted by atomic mass is 10.0. The smallest absolute Gasteiger partial charge is 0.358 e. The molecule has 0 unspecified atom stereocenters. The second-order valence-electron chi connectivity index (χ2n) is 14.2. The van der Waals surface area contributed by atoms with Gasteiger partial charge in [0.25, 0.3) is 0 Å². The van der Waals surface area contributed by atoms with E-state index in [4.69, 9.17) is 21.3 Å². The van der Waals surface area contributed by atoms with Crippen molar-refractivity contribution in [3.05, 3.63) is 54.1 Å². The third kappa shape index (κ3) is 9.47. The minimum absolute atomic E-state index is 0. The maximum Gasteiger partial charge on any atom is 0.358 e. The number of aromatic nitrogens is 8. The number of rotatable bonds is 7. The minimum atomic E-state index is -0.513. The zero-order valence-electron chi connectivity index (χ0n) is 33.1. The highest BCUT2D eigenvalue weighted by Gasteiger charge is 2.42. The molecule has 19 heteroatoms. The Morgan fingerprint density at radius 1 is 0.763 bits per heavy atom. The van der Waals surface area contributed by atoms with E-state index in [1.165, 1.54) is 58.8 Å². The van der Waals surface area contributed by atoms with Crippen molar-refractivity contribution in [3.8, 4) is 5.95 Å². The number of halogens is 1. The van der Waals surface area contributed by atoms with Crippen molar-refractivity contribution in [3.63, 3.8) is 0 Å². The molecule has 6 heterocycles. The average Bonchev–Trinajstić information content (AvgIpc) is 4.09. The Morgan fingerprint density at radius 2 is 1.27 bits per heavy atom. The van der Waals surface area contributed by atoms with Crippen LogP contribution in [0, 0.1) is 0 Å². The van der Waals surface area contributed by atoms with Gasteiger partial charge in [-0.1, -0.05) is 54.4 Å². The van der Waals surface area contributed by atoms with Crippen molar-refractivity contribution in [2.24, 2.45) is 0 Å². The van der Waals surface area contributed by atoms with E-state index in [1.807, 2.05) is 13.8 Å². The lowest BCUT2D eigenvalue weighted by molar-refractivity contribution is -0.120. The molecule has 2 saturated carbocycles. The summed E-state index contributed by atoms with van der Waals surface area (Å²) < 4.78 is 10.7. The summed E-state index contributed by atoms with van der Waals surface area (Å²) in [5.74, 6) is 1.27. The third-order valence-corrected chi connectivity index (χ3v) is 11.1. The van der Waals surface area contributed by atoms with Gasteiger partial charge in [-0.3, -0.25) is 14.2 Å². The number of ether oxygens (including phenoxy) is 2. The second-order valence-corrected chi connectivity index (χ2v) is 14.5. The summed E-state index contributed by atoms with van der Waals surface area (Å²) in [4.78, 5) is 83.3. The number of hydrogen-bond acceptors (Lipinski definition) is 14. The maximum atomic E-state index is 12.9. The van der Waals surface area contributed by atoms with E-state index >= 15 is 0 Å².